The zero-order chi connectivity index (χ0) is 11.0. The summed E-state index contributed by atoms with van der Waals surface area (Å²) in [7, 11) is 1.64. The zero-order valence-corrected chi connectivity index (χ0v) is 9.42. The molecular formula is C12H19NO. The van der Waals surface area contributed by atoms with Gasteiger partial charge in [-0.25, -0.2) is 0 Å². The van der Waals surface area contributed by atoms with Crippen molar-refractivity contribution in [1.29, 1.82) is 0 Å². The zero-order valence-electron chi connectivity index (χ0n) is 9.42. The fourth-order valence-electron chi connectivity index (χ4n) is 1.14. The Morgan fingerprint density at radius 1 is 1.43 bits per heavy atom. The molecule has 0 unspecified atom stereocenters. The highest BCUT2D eigenvalue weighted by Crippen LogP contribution is 2.05. The molecule has 0 saturated heterocycles. The minimum absolute atomic E-state index is 0.0318. The van der Waals surface area contributed by atoms with E-state index >= 15 is 0 Å². The van der Waals surface area contributed by atoms with Crippen LogP contribution in [-0.2, 0) is 4.79 Å². The predicted octanol–water partition coefficient (Wildman–Crippen LogP) is 2.59. The van der Waals surface area contributed by atoms with Crippen molar-refractivity contribution < 1.29 is 4.79 Å². The Morgan fingerprint density at radius 3 is 2.50 bits per heavy atom. The van der Waals surface area contributed by atoms with Crippen molar-refractivity contribution >= 4 is 5.91 Å². The first-order chi connectivity index (χ1) is 6.65. The number of rotatable bonds is 4. The summed E-state index contributed by atoms with van der Waals surface area (Å²) in [5.41, 5.74) is 1.81. The smallest absolute Gasteiger partial charge is 0.250 e. The average Bonchev–Trinajstić information content (AvgIpc) is 2.16. The van der Waals surface area contributed by atoms with Gasteiger partial charge in [0.05, 0.1) is 0 Å². The molecule has 1 amide bonds. The van der Waals surface area contributed by atoms with Crippen LogP contribution in [0.5, 0.6) is 0 Å². The van der Waals surface area contributed by atoms with Crippen molar-refractivity contribution in [3.63, 3.8) is 0 Å². The first-order valence-corrected chi connectivity index (χ1v) is 4.88. The molecule has 0 aliphatic carbocycles. The van der Waals surface area contributed by atoms with E-state index in [2.05, 4.69) is 5.32 Å². The second kappa shape index (κ2) is 7.13. The Bertz CT molecular complexity index is 272. The summed E-state index contributed by atoms with van der Waals surface area (Å²) in [4.78, 5) is 11.4. The van der Waals surface area contributed by atoms with Gasteiger partial charge in [-0.2, -0.15) is 0 Å². The van der Waals surface area contributed by atoms with Crippen LogP contribution in [0, 0.1) is 0 Å². The molecule has 1 N–H and O–H groups in total. The number of carbonyl (C=O) groups excluding carboxylic acids is 1. The van der Waals surface area contributed by atoms with Gasteiger partial charge in [0.15, 0.2) is 0 Å². The fourth-order valence-corrected chi connectivity index (χ4v) is 1.14. The summed E-state index contributed by atoms with van der Waals surface area (Å²) in [6.07, 6.45) is 8.61. The van der Waals surface area contributed by atoms with Gasteiger partial charge in [-0.15, -0.1) is 0 Å². The highest BCUT2D eigenvalue weighted by molar-refractivity contribution is 5.96. The molecule has 0 rings (SSSR count). The molecular weight excluding hydrogens is 174 g/mol. The maximum absolute atomic E-state index is 11.4. The minimum atomic E-state index is -0.0318. The molecule has 14 heavy (non-hydrogen) atoms. The van der Waals surface area contributed by atoms with Crippen LogP contribution in [0.1, 0.15) is 27.2 Å². The van der Waals surface area contributed by atoms with Crippen LogP contribution in [0.3, 0.4) is 0 Å². The van der Waals surface area contributed by atoms with Gasteiger partial charge < -0.3 is 5.32 Å². The Kier molecular flexibility index (Phi) is 6.46. The van der Waals surface area contributed by atoms with Crippen molar-refractivity contribution in [2.24, 2.45) is 0 Å². The Labute approximate surface area is 86.4 Å². The number of hydrogen-bond donors (Lipinski definition) is 1. The SMILES string of the molecule is C\C=C/C(C)=C\C(=C\CC)C(=O)NC. The van der Waals surface area contributed by atoms with E-state index in [1.807, 2.05) is 45.1 Å². The molecule has 0 heterocycles. The van der Waals surface area contributed by atoms with Crippen LogP contribution >= 0.6 is 0 Å². The number of hydrogen-bond acceptors (Lipinski definition) is 1. The third kappa shape index (κ3) is 4.65. The predicted molar refractivity (Wildman–Crippen MR) is 61.0 cm³/mol. The summed E-state index contributed by atoms with van der Waals surface area (Å²) < 4.78 is 0. The number of likely N-dealkylation sites (N-methyl/N-ethyl adjacent to an activating group) is 1. The second-order valence-corrected chi connectivity index (χ2v) is 3.04. The van der Waals surface area contributed by atoms with Gasteiger partial charge in [-0.1, -0.05) is 30.7 Å². The van der Waals surface area contributed by atoms with Gasteiger partial charge in [0.25, 0.3) is 5.91 Å². The quantitative estimate of drug-likeness (QED) is 0.539. The second-order valence-electron chi connectivity index (χ2n) is 3.04. The standard InChI is InChI=1S/C12H19NO/c1-5-7-10(3)9-11(8-6-2)12(14)13-4/h5,7-9H,6H2,1-4H3,(H,13,14)/b7-5-,10-9-,11-8-. The normalized spacial score (nSPS) is 13.4. The molecule has 78 valence electrons. The molecule has 2 nitrogen and oxygen atoms in total. The molecule has 0 spiro atoms. The summed E-state index contributed by atoms with van der Waals surface area (Å²) in [5.74, 6) is -0.0318. The van der Waals surface area contributed by atoms with Gasteiger partial charge in [0.2, 0.25) is 0 Å². The minimum Gasteiger partial charge on any atom is -0.355 e. The molecule has 0 aliphatic rings. The van der Waals surface area contributed by atoms with Gasteiger partial charge in [-0.3, -0.25) is 4.79 Å². The lowest BCUT2D eigenvalue weighted by atomic mass is 10.1. The monoisotopic (exact) mass is 193 g/mol. The summed E-state index contributed by atoms with van der Waals surface area (Å²) >= 11 is 0. The van der Waals surface area contributed by atoms with Crippen molar-refractivity contribution in [3.05, 3.63) is 35.5 Å². The molecule has 0 saturated carbocycles. The van der Waals surface area contributed by atoms with E-state index in [1.54, 1.807) is 7.05 Å². The largest absolute Gasteiger partial charge is 0.355 e. The number of allylic oxidation sites excluding steroid dienone is 4. The van der Waals surface area contributed by atoms with E-state index in [-0.39, 0.29) is 5.91 Å². The van der Waals surface area contributed by atoms with E-state index in [4.69, 9.17) is 0 Å². The van der Waals surface area contributed by atoms with E-state index in [1.165, 1.54) is 0 Å². The van der Waals surface area contributed by atoms with Crippen LogP contribution < -0.4 is 5.32 Å². The van der Waals surface area contributed by atoms with Gasteiger partial charge in [-0.05, 0) is 26.3 Å². The lowest BCUT2D eigenvalue weighted by molar-refractivity contribution is -0.116. The summed E-state index contributed by atoms with van der Waals surface area (Å²) in [5, 5.41) is 2.62. The first kappa shape index (κ1) is 12.7. The fraction of sp³-hybridized carbons (Fsp3) is 0.417. The highest BCUT2D eigenvalue weighted by Gasteiger charge is 2.02. The molecule has 0 aliphatic heterocycles. The van der Waals surface area contributed by atoms with Crippen molar-refractivity contribution in [3.8, 4) is 0 Å². The van der Waals surface area contributed by atoms with Crippen LogP contribution in [0.2, 0.25) is 0 Å². The van der Waals surface area contributed by atoms with Gasteiger partial charge in [0, 0.05) is 12.6 Å². The molecule has 0 fully saturated rings. The van der Waals surface area contributed by atoms with Crippen molar-refractivity contribution in [2.75, 3.05) is 7.05 Å². The van der Waals surface area contributed by atoms with Crippen LogP contribution in [0.25, 0.3) is 0 Å². The van der Waals surface area contributed by atoms with Crippen LogP contribution in [0.15, 0.2) is 35.5 Å². The number of amides is 1. The molecule has 0 bridgehead atoms. The molecule has 0 aromatic heterocycles. The van der Waals surface area contributed by atoms with Crippen LogP contribution in [0.4, 0.5) is 0 Å². The third-order valence-corrected chi connectivity index (χ3v) is 1.73. The molecule has 0 aromatic carbocycles. The van der Waals surface area contributed by atoms with Gasteiger partial charge in [0.1, 0.15) is 0 Å². The Balaban J connectivity index is 4.78. The van der Waals surface area contributed by atoms with Gasteiger partial charge >= 0.3 is 0 Å². The summed E-state index contributed by atoms with van der Waals surface area (Å²) in [6.45, 7) is 5.95. The molecule has 2 heteroatoms. The maximum Gasteiger partial charge on any atom is 0.250 e. The first-order valence-electron chi connectivity index (χ1n) is 4.88. The van der Waals surface area contributed by atoms with Crippen LogP contribution in [-0.4, -0.2) is 13.0 Å². The molecule has 0 atom stereocenters. The van der Waals surface area contributed by atoms with E-state index in [9.17, 15) is 4.79 Å². The third-order valence-electron chi connectivity index (χ3n) is 1.73. The van der Waals surface area contributed by atoms with E-state index in [0.717, 1.165) is 17.6 Å². The summed E-state index contributed by atoms with van der Waals surface area (Å²) in [6, 6.07) is 0. The lowest BCUT2D eigenvalue weighted by Crippen LogP contribution is -2.19. The lowest BCUT2D eigenvalue weighted by Gasteiger charge is -2.01. The topological polar surface area (TPSA) is 29.1 Å². The number of carbonyl (C=O) groups is 1. The van der Waals surface area contributed by atoms with E-state index < -0.39 is 0 Å². The Morgan fingerprint density at radius 2 is 2.07 bits per heavy atom. The average molecular weight is 193 g/mol. The number of nitrogens with one attached hydrogen (secondary N) is 1. The van der Waals surface area contributed by atoms with Crippen molar-refractivity contribution in [1.82, 2.24) is 5.32 Å². The van der Waals surface area contributed by atoms with Crippen molar-refractivity contribution in [2.45, 2.75) is 27.2 Å². The molecule has 0 aromatic rings. The highest BCUT2D eigenvalue weighted by atomic mass is 16.1. The van der Waals surface area contributed by atoms with E-state index in [0.29, 0.717) is 0 Å². The maximum atomic E-state index is 11.4. The Hall–Kier alpha value is -1.31. The molecule has 0 radical (unpaired) electrons.